The highest BCUT2D eigenvalue weighted by Crippen LogP contribution is 2.50. The average Bonchev–Trinajstić information content (AvgIpc) is 3.64. The number of hydrogen-bond acceptors (Lipinski definition) is 6. The van der Waals surface area contributed by atoms with E-state index in [-0.39, 0.29) is 40.5 Å². The predicted molar refractivity (Wildman–Crippen MR) is 213 cm³/mol. The number of phenolic OH excluding ortho intramolecular Hbond substituents is 1. The molecule has 3 aromatic rings. The number of phenols is 1. The van der Waals surface area contributed by atoms with E-state index in [9.17, 15) is 14.7 Å². The molecule has 1 N–H and O–H groups in total. The van der Waals surface area contributed by atoms with Crippen LogP contribution in [0.4, 0.5) is 0 Å². The van der Waals surface area contributed by atoms with Crippen LogP contribution in [0, 0.1) is 21.3 Å². The van der Waals surface area contributed by atoms with Gasteiger partial charge >= 0.3 is 0 Å². The summed E-state index contributed by atoms with van der Waals surface area (Å²) in [7, 11) is 0.329. The number of methoxy groups -OCH3 is 1. The maximum absolute atomic E-state index is 13.5. The molecular weight excluding hydrogens is 769 g/mol. The topological polar surface area (TPSA) is 85.3 Å². The zero-order chi connectivity index (χ0) is 36.5. The van der Waals surface area contributed by atoms with Gasteiger partial charge in [-0.2, -0.15) is 0 Å². The molecule has 0 saturated carbocycles. The van der Waals surface area contributed by atoms with E-state index in [4.69, 9.17) is 13.9 Å². The van der Waals surface area contributed by atoms with Crippen LogP contribution in [0.5, 0.6) is 11.5 Å². The Morgan fingerprint density at radius 3 is 2.24 bits per heavy atom. The Labute approximate surface area is 317 Å². The molecule has 2 heterocycles. The number of carbonyl (C=O) groups excluding carboxylic acids is 2. The Bertz CT molecular complexity index is 1780. The summed E-state index contributed by atoms with van der Waals surface area (Å²) in [5, 5.41) is 12.6. The van der Waals surface area contributed by atoms with E-state index in [0.29, 0.717) is 25.4 Å². The lowest BCUT2D eigenvalue weighted by atomic mass is 9.69. The molecule has 0 bridgehead atoms. The molecule has 3 aliphatic rings. The van der Waals surface area contributed by atoms with Crippen molar-refractivity contribution in [3.8, 4) is 11.5 Å². The lowest BCUT2D eigenvalue weighted by Crippen LogP contribution is -2.66. The summed E-state index contributed by atoms with van der Waals surface area (Å²) >= 11 is 2.13. The number of halogens is 1. The van der Waals surface area contributed by atoms with Crippen molar-refractivity contribution in [3.05, 3.63) is 98.6 Å². The molecule has 270 valence electrons. The van der Waals surface area contributed by atoms with E-state index in [0.717, 1.165) is 40.4 Å². The fourth-order valence-electron chi connectivity index (χ4n) is 8.70. The molecule has 1 aliphatic carbocycles. The second-order valence-corrected chi connectivity index (χ2v) is 20.6. The molecule has 51 heavy (non-hydrogen) atoms. The molecule has 9 heteroatoms. The Morgan fingerprint density at radius 1 is 1.00 bits per heavy atom. The predicted octanol–water partition coefficient (Wildman–Crippen LogP) is 7.49. The molecule has 2 saturated heterocycles. The number of carbonyl (C=O) groups is 2. The lowest BCUT2D eigenvalue weighted by Gasteiger charge is -2.44. The van der Waals surface area contributed by atoms with E-state index in [1.165, 1.54) is 26.4 Å². The van der Waals surface area contributed by atoms with Crippen LogP contribution in [-0.4, -0.2) is 63.6 Å². The Balaban J connectivity index is 1.37. The summed E-state index contributed by atoms with van der Waals surface area (Å²) in [6.07, 6.45) is 6.05. The first-order valence-electron chi connectivity index (χ1n) is 18.1. The number of hydrogen-bond donors (Lipinski definition) is 1. The van der Waals surface area contributed by atoms with Crippen molar-refractivity contribution in [1.82, 2.24) is 4.90 Å². The highest BCUT2D eigenvalue weighted by atomic mass is 127. The van der Waals surface area contributed by atoms with E-state index in [1.807, 2.05) is 24.3 Å². The summed E-state index contributed by atoms with van der Waals surface area (Å²) in [4.78, 5) is 28.4. The number of rotatable bonds is 12. The zero-order valence-electron chi connectivity index (χ0n) is 30.6. The molecule has 2 amide bonds. The summed E-state index contributed by atoms with van der Waals surface area (Å²) in [5.74, 6) is -0.504. The molecule has 0 unspecified atom stereocenters. The van der Waals surface area contributed by atoms with Crippen LogP contribution in [0.2, 0.25) is 5.04 Å². The SMILES string of the molecule is CCC/C(=C\c1cc(I)c(O)c(OC)c1)CC[C@H]1OC[C@H]2C1=C(CO[Si](c1ccccc1)(c1ccccc1)C(C)(C)C)C[C@H]1C(=O)N(C)C(=O)[C@H]12. The minimum absolute atomic E-state index is 0.0915. The average molecular weight is 820 g/mol. The van der Waals surface area contributed by atoms with Gasteiger partial charge in [0.1, 0.15) is 0 Å². The Hall–Kier alpha value is -3.25. The molecule has 3 aromatic carbocycles. The van der Waals surface area contributed by atoms with Crippen LogP contribution >= 0.6 is 22.6 Å². The van der Waals surface area contributed by atoms with Crippen molar-refractivity contribution < 1.29 is 28.6 Å². The second kappa shape index (κ2) is 15.4. The maximum Gasteiger partial charge on any atom is 0.261 e. The summed E-state index contributed by atoms with van der Waals surface area (Å²) < 4.78 is 20.2. The van der Waals surface area contributed by atoms with Crippen LogP contribution in [0.1, 0.15) is 65.4 Å². The molecule has 7 nitrogen and oxygen atoms in total. The molecule has 0 spiro atoms. The first kappa shape index (κ1) is 37.5. The van der Waals surface area contributed by atoms with Gasteiger partial charge in [0.2, 0.25) is 11.8 Å². The fraction of sp³-hybridized carbons (Fsp3) is 0.429. The molecule has 0 aromatic heterocycles. The maximum atomic E-state index is 13.5. The number of nitrogens with zero attached hydrogens (tertiary/aromatic N) is 1. The van der Waals surface area contributed by atoms with Crippen molar-refractivity contribution in [2.24, 2.45) is 17.8 Å². The standard InChI is InChI=1S/C42H50INO6Si/c1-7-14-27(21-28-22-34(43)39(45)36(23-28)48-6)19-20-35-37-29(24-32-38(33(37)26-49-35)41(47)44(5)40(32)46)25-50-51(42(2,3)4,30-15-10-8-11-16-30)31-17-12-9-13-18-31/h8-13,15-18,21-23,32-33,35,38,45H,7,14,19-20,24-26H2,1-6H3/b27-21+/t32-,33+,35-,38-/m1/s1. The van der Waals surface area contributed by atoms with Gasteiger partial charge in [0.15, 0.2) is 11.5 Å². The third-order valence-electron chi connectivity index (χ3n) is 11.0. The molecule has 2 aliphatic heterocycles. The van der Waals surface area contributed by atoms with Crippen LogP contribution in [0.3, 0.4) is 0 Å². The lowest BCUT2D eigenvalue weighted by molar-refractivity contribution is -0.138. The third kappa shape index (κ3) is 7.11. The number of imide groups is 1. The monoisotopic (exact) mass is 819 g/mol. The van der Waals surface area contributed by atoms with Gasteiger partial charge in [-0.15, -0.1) is 0 Å². The van der Waals surface area contributed by atoms with Gasteiger partial charge in [0.05, 0.1) is 41.8 Å². The van der Waals surface area contributed by atoms with Gasteiger partial charge in [-0.3, -0.25) is 14.5 Å². The van der Waals surface area contributed by atoms with Gasteiger partial charge in [-0.1, -0.05) is 106 Å². The molecule has 0 radical (unpaired) electrons. The Kier molecular flexibility index (Phi) is 11.3. The summed E-state index contributed by atoms with van der Waals surface area (Å²) in [6, 6.07) is 25.1. The smallest absolute Gasteiger partial charge is 0.261 e. The first-order valence-corrected chi connectivity index (χ1v) is 21.1. The van der Waals surface area contributed by atoms with Gasteiger partial charge in [-0.25, -0.2) is 0 Å². The minimum atomic E-state index is -2.86. The van der Waals surface area contributed by atoms with Gasteiger partial charge < -0.3 is 19.0 Å². The highest BCUT2D eigenvalue weighted by molar-refractivity contribution is 14.1. The minimum Gasteiger partial charge on any atom is -0.504 e. The van der Waals surface area contributed by atoms with Gasteiger partial charge in [0.25, 0.3) is 8.32 Å². The van der Waals surface area contributed by atoms with Crippen molar-refractivity contribution in [2.75, 3.05) is 27.4 Å². The zero-order valence-corrected chi connectivity index (χ0v) is 33.7. The van der Waals surface area contributed by atoms with E-state index >= 15 is 0 Å². The quantitative estimate of drug-likeness (QED) is 0.0883. The highest BCUT2D eigenvalue weighted by Gasteiger charge is 2.57. The number of likely N-dealkylation sites (tertiary alicyclic amines) is 1. The van der Waals surface area contributed by atoms with Crippen molar-refractivity contribution in [2.45, 2.75) is 70.9 Å². The molecular formula is C42H50INO6Si. The van der Waals surface area contributed by atoms with E-state index in [1.54, 1.807) is 14.2 Å². The number of aromatic hydroxyl groups is 1. The van der Waals surface area contributed by atoms with Gasteiger partial charge in [0, 0.05) is 13.0 Å². The molecule has 2 fully saturated rings. The largest absolute Gasteiger partial charge is 0.504 e. The van der Waals surface area contributed by atoms with Crippen molar-refractivity contribution in [3.63, 3.8) is 0 Å². The third-order valence-corrected chi connectivity index (χ3v) is 16.9. The number of fused-ring (bicyclic) bond motifs is 3. The first-order chi connectivity index (χ1) is 24.4. The molecule has 6 rings (SSSR count). The Morgan fingerprint density at radius 2 is 1.65 bits per heavy atom. The number of allylic oxidation sites excluding steroid dienone is 1. The summed E-state index contributed by atoms with van der Waals surface area (Å²) in [6.45, 7) is 9.82. The van der Waals surface area contributed by atoms with Crippen LogP contribution in [-0.2, 0) is 18.8 Å². The van der Waals surface area contributed by atoms with Gasteiger partial charge in [-0.05, 0) is 92.5 Å². The number of benzene rings is 3. The van der Waals surface area contributed by atoms with Crippen molar-refractivity contribution in [1.29, 1.82) is 0 Å². The van der Waals surface area contributed by atoms with E-state index in [2.05, 4.69) is 105 Å². The van der Waals surface area contributed by atoms with Crippen molar-refractivity contribution >= 4 is 59.2 Å². The number of ether oxygens (including phenoxy) is 2. The fourth-order valence-corrected chi connectivity index (χ4v) is 13.9. The second-order valence-electron chi connectivity index (χ2n) is 15.2. The van der Waals surface area contributed by atoms with Crippen LogP contribution in [0.15, 0.2) is 89.5 Å². The van der Waals surface area contributed by atoms with Crippen LogP contribution < -0.4 is 15.1 Å². The van der Waals surface area contributed by atoms with E-state index < -0.39 is 14.2 Å². The summed E-state index contributed by atoms with van der Waals surface area (Å²) in [5.41, 5.74) is 4.56. The number of amides is 2. The van der Waals surface area contributed by atoms with Crippen LogP contribution in [0.25, 0.3) is 6.08 Å². The normalized spacial score (nSPS) is 22.4. The molecule has 4 atom stereocenters.